The fourth-order valence-corrected chi connectivity index (χ4v) is 1.86. The van der Waals surface area contributed by atoms with Crippen LogP contribution >= 0.6 is 12.2 Å². The Morgan fingerprint density at radius 1 is 1.33 bits per heavy atom. The number of hydrogen-bond donors (Lipinski definition) is 2. The Kier molecular flexibility index (Phi) is 3.53. The lowest BCUT2D eigenvalue weighted by molar-refractivity contribution is 0.328. The number of hydrogen-bond acceptors (Lipinski definition) is 2. The molecule has 0 radical (unpaired) electrons. The third-order valence-electron chi connectivity index (χ3n) is 2.40. The molecule has 0 spiro atoms. The van der Waals surface area contributed by atoms with Crippen molar-refractivity contribution in [3.05, 3.63) is 30.3 Å². The van der Waals surface area contributed by atoms with Crippen LogP contribution in [0.15, 0.2) is 30.3 Å². The third-order valence-corrected chi connectivity index (χ3v) is 2.76. The van der Waals surface area contributed by atoms with E-state index in [1.165, 1.54) is 0 Å². The number of rotatable bonds is 1. The van der Waals surface area contributed by atoms with E-state index in [0.717, 1.165) is 37.0 Å². The average Bonchev–Trinajstić information content (AvgIpc) is 2.31. The van der Waals surface area contributed by atoms with E-state index in [1.54, 1.807) is 0 Å². The van der Waals surface area contributed by atoms with Gasteiger partial charge in [-0.2, -0.15) is 0 Å². The maximum absolute atomic E-state index is 5.33. The highest BCUT2D eigenvalue weighted by Crippen LogP contribution is 2.07. The van der Waals surface area contributed by atoms with Crippen molar-refractivity contribution in [3.8, 4) is 0 Å². The van der Waals surface area contributed by atoms with Gasteiger partial charge in [0, 0.05) is 12.2 Å². The van der Waals surface area contributed by atoms with Crippen molar-refractivity contribution in [2.45, 2.75) is 6.42 Å². The first kappa shape index (κ1) is 10.4. The van der Waals surface area contributed by atoms with E-state index in [-0.39, 0.29) is 0 Å². The molecule has 0 bridgehead atoms. The minimum atomic E-state index is 0.799. The molecule has 0 atom stereocenters. The van der Waals surface area contributed by atoms with Crippen LogP contribution in [0, 0.1) is 0 Å². The van der Waals surface area contributed by atoms with Crippen LogP contribution in [-0.4, -0.2) is 29.8 Å². The Morgan fingerprint density at radius 2 is 2.13 bits per heavy atom. The molecule has 1 heterocycles. The third kappa shape index (κ3) is 2.91. The molecule has 1 aromatic rings. The van der Waals surface area contributed by atoms with E-state index >= 15 is 0 Å². The molecule has 0 unspecified atom stereocenters. The lowest BCUT2D eigenvalue weighted by Gasteiger charge is -2.29. The first-order valence-electron chi connectivity index (χ1n) is 5.18. The van der Waals surface area contributed by atoms with Gasteiger partial charge in [-0.15, -0.1) is 0 Å². The van der Waals surface area contributed by atoms with E-state index in [0.29, 0.717) is 0 Å². The number of benzene rings is 1. The van der Waals surface area contributed by atoms with Gasteiger partial charge in [-0.1, -0.05) is 18.2 Å². The van der Waals surface area contributed by atoms with Gasteiger partial charge in [0.15, 0.2) is 5.11 Å². The van der Waals surface area contributed by atoms with Crippen LogP contribution in [0.1, 0.15) is 6.42 Å². The smallest absolute Gasteiger partial charge is 0.174 e. The van der Waals surface area contributed by atoms with Gasteiger partial charge < -0.3 is 10.2 Å². The number of para-hydroxylation sites is 1. The SMILES string of the molecule is S=C(Nc1ccccc1)N1CCCNC1. The van der Waals surface area contributed by atoms with Crippen molar-refractivity contribution in [2.24, 2.45) is 0 Å². The standard InChI is InChI=1S/C11H15N3S/c15-11(14-8-4-7-12-9-14)13-10-5-2-1-3-6-10/h1-3,5-6,12H,4,7-9H2,(H,13,15). The molecule has 1 aliphatic rings. The summed E-state index contributed by atoms with van der Waals surface area (Å²) in [5, 5.41) is 7.33. The van der Waals surface area contributed by atoms with Crippen molar-refractivity contribution in [3.63, 3.8) is 0 Å². The van der Waals surface area contributed by atoms with Gasteiger partial charge in [-0.3, -0.25) is 5.32 Å². The normalized spacial score (nSPS) is 16.1. The highest BCUT2D eigenvalue weighted by Gasteiger charge is 2.12. The highest BCUT2D eigenvalue weighted by atomic mass is 32.1. The van der Waals surface area contributed by atoms with Gasteiger partial charge in [-0.05, 0) is 37.3 Å². The molecular weight excluding hydrogens is 206 g/mol. The van der Waals surface area contributed by atoms with Crippen LogP contribution < -0.4 is 10.6 Å². The lowest BCUT2D eigenvalue weighted by Crippen LogP contribution is -2.46. The van der Waals surface area contributed by atoms with Gasteiger partial charge in [0.2, 0.25) is 0 Å². The van der Waals surface area contributed by atoms with Gasteiger partial charge in [-0.25, -0.2) is 0 Å². The quantitative estimate of drug-likeness (QED) is 0.705. The molecule has 3 nitrogen and oxygen atoms in total. The number of thiocarbonyl (C=S) groups is 1. The summed E-state index contributed by atoms with van der Waals surface area (Å²) in [6.45, 7) is 2.97. The summed E-state index contributed by atoms with van der Waals surface area (Å²) in [6.07, 6.45) is 1.15. The summed E-state index contributed by atoms with van der Waals surface area (Å²) in [7, 11) is 0. The molecule has 1 saturated heterocycles. The molecule has 1 aromatic carbocycles. The molecule has 80 valence electrons. The zero-order chi connectivity index (χ0) is 10.5. The number of nitrogens with one attached hydrogen (secondary N) is 2. The van der Waals surface area contributed by atoms with Crippen molar-refractivity contribution in [1.29, 1.82) is 0 Å². The van der Waals surface area contributed by atoms with Gasteiger partial charge in [0.25, 0.3) is 0 Å². The summed E-state index contributed by atoms with van der Waals surface area (Å²) in [5.74, 6) is 0. The topological polar surface area (TPSA) is 27.3 Å². The van der Waals surface area contributed by atoms with Crippen molar-refractivity contribution in [1.82, 2.24) is 10.2 Å². The van der Waals surface area contributed by atoms with Crippen molar-refractivity contribution in [2.75, 3.05) is 25.1 Å². The summed E-state index contributed by atoms with van der Waals surface area (Å²) >= 11 is 5.33. The second-order valence-corrected chi connectivity index (χ2v) is 3.96. The van der Waals surface area contributed by atoms with Gasteiger partial charge in [0.05, 0.1) is 6.67 Å². The molecule has 1 fully saturated rings. The lowest BCUT2D eigenvalue weighted by atomic mass is 10.3. The monoisotopic (exact) mass is 221 g/mol. The van der Waals surface area contributed by atoms with Crippen molar-refractivity contribution < 1.29 is 0 Å². The molecule has 4 heteroatoms. The Balaban J connectivity index is 1.91. The maximum Gasteiger partial charge on any atom is 0.174 e. The van der Waals surface area contributed by atoms with Gasteiger partial charge >= 0.3 is 0 Å². The molecule has 0 amide bonds. The number of nitrogens with zero attached hydrogens (tertiary/aromatic N) is 1. The van der Waals surface area contributed by atoms with E-state index in [4.69, 9.17) is 12.2 Å². The molecule has 1 aliphatic heterocycles. The zero-order valence-corrected chi connectivity index (χ0v) is 9.39. The van der Waals surface area contributed by atoms with E-state index < -0.39 is 0 Å². The molecule has 2 rings (SSSR count). The molecule has 0 aliphatic carbocycles. The van der Waals surface area contributed by atoms with E-state index in [1.807, 2.05) is 30.3 Å². The first-order valence-corrected chi connectivity index (χ1v) is 5.59. The van der Waals surface area contributed by atoms with Crippen LogP contribution in [0.4, 0.5) is 5.69 Å². The molecule has 15 heavy (non-hydrogen) atoms. The predicted octanol–water partition coefficient (Wildman–Crippen LogP) is 1.64. The van der Waals surface area contributed by atoms with Crippen molar-refractivity contribution >= 4 is 23.0 Å². The molecule has 0 saturated carbocycles. The molecule has 0 aromatic heterocycles. The summed E-state index contributed by atoms with van der Waals surface area (Å²) < 4.78 is 0. The highest BCUT2D eigenvalue weighted by molar-refractivity contribution is 7.80. The zero-order valence-electron chi connectivity index (χ0n) is 8.57. The van der Waals surface area contributed by atoms with Crippen LogP contribution in [0.25, 0.3) is 0 Å². The average molecular weight is 221 g/mol. The largest absolute Gasteiger partial charge is 0.336 e. The summed E-state index contributed by atoms with van der Waals surface area (Å²) in [6, 6.07) is 10.0. The fraction of sp³-hybridized carbons (Fsp3) is 0.364. The first-order chi connectivity index (χ1) is 7.36. The second-order valence-electron chi connectivity index (χ2n) is 3.57. The minimum absolute atomic E-state index is 0.799. The van der Waals surface area contributed by atoms with Gasteiger partial charge in [0.1, 0.15) is 0 Å². The Bertz CT molecular complexity index is 320. The van der Waals surface area contributed by atoms with E-state index in [2.05, 4.69) is 15.5 Å². The van der Waals surface area contributed by atoms with Crippen LogP contribution in [0.3, 0.4) is 0 Å². The Hall–Kier alpha value is -1.13. The van der Waals surface area contributed by atoms with E-state index in [9.17, 15) is 0 Å². The minimum Gasteiger partial charge on any atom is -0.336 e. The summed E-state index contributed by atoms with van der Waals surface area (Å²) in [4.78, 5) is 2.14. The molecule has 2 N–H and O–H groups in total. The Labute approximate surface area is 95.5 Å². The van der Waals surface area contributed by atoms with Crippen LogP contribution in [-0.2, 0) is 0 Å². The second kappa shape index (κ2) is 5.09. The fourth-order valence-electron chi connectivity index (χ4n) is 1.59. The maximum atomic E-state index is 5.33. The Morgan fingerprint density at radius 3 is 2.80 bits per heavy atom. The van der Waals surface area contributed by atoms with Crippen LogP contribution in [0.2, 0.25) is 0 Å². The summed E-state index contributed by atoms with van der Waals surface area (Å²) in [5.41, 5.74) is 1.05. The number of anilines is 1. The predicted molar refractivity (Wildman–Crippen MR) is 66.9 cm³/mol. The van der Waals surface area contributed by atoms with Crippen LogP contribution in [0.5, 0.6) is 0 Å². The molecular formula is C11H15N3S.